The van der Waals surface area contributed by atoms with Gasteiger partial charge in [0.05, 0.1) is 0 Å². The maximum atomic E-state index is 5.81. The quantitative estimate of drug-likeness (QED) is 0.652. The molecule has 1 aromatic carbocycles. The van der Waals surface area contributed by atoms with E-state index in [-0.39, 0.29) is 0 Å². The first kappa shape index (κ1) is 8.39. The summed E-state index contributed by atoms with van der Waals surface area (Å²) in [7, 11) is 2.03. The molecule has 1 nitrogen and oxygen atoms in total. The van der Waals surface area contributed by atoms with Gasteiger partial charge >= 0.3 is 0 Å². The first-order valence-electron chi connectivity index (χ1n) is 4.14. The van der Waals surface area contributed by atoms with Crippen molar-refractivity contribution in [1.82, 2.24) is 4.57 Å². The third-order valence-electron chi connectivity index (χ3n) is 2.08. The first-order chi connectivity index (χ1) is 6.27. The van der Waals surface area contributed by atoms with E-state index in [0.29, 0.717) is 0 Å². The predicted molar refractivity (Wildman–Crippen MR) is 55.9 cm³/mol. The van der Waals surface area contributed by atoms with Crippen LogP contribution in [0.3, 0.4) is 0 Å². The SMILES string of the molecule is Cn1cccc1-c1ccc(Cl)cc1. The van der Waals surface area contributed by atoms with Gasteiger partial charge in [-0.2, -0.15) is 0 Å². The molecule has 0 aliphatic rings. The van der Waals surface area contributed by atoms with E-state index in [1.807, 2.05) is 43.6 Å². The molecule has 0 aliphatic heterocycles. The molecule has 1 heterocycles. The van der Waals surface area contributed by atoms with E-state index in [1.54, 1.807) is 0 Å². The van der Waals surface area contributed by atoms with E-state index in [4.69, 9.17) is 11.6 Å². The summed E-state index contributed by atoms with van der Waals surface area (Å²) >= 11 is 5.81. The molecule has 2 heteroatoms. The lowest BCUT2D eigenvalue weighted by Crippen LogP contribution is -1.88. The number of benzene rings is 1. The lowest BCUT2D eigenvalue weighted by molar-refractivity contribution is 0.937. The molecule has 1 aromatic heterocycles. The van der Waals surface area contributed by atoms with Gasteiger partial charge in [0.15, 0.2) is 0 Å². The molecule has 0 bridgehead atoms. The van der Waals surface area contributed by atoms with Crippen molar-refractivity contribution in [2.45, 2.75) is 0 Å². The number of aryl methyl sites for hydroxylation is 1. The Kier molecular flexibility index (Phi) is 2.11. The van der Waals surface area contributed by atoms with Crippen LogP contribution >= 0.6 is 11.6 Å². The van der Waals surface area contributed by atoms with Crippen LogP contribution in [0.25, 0.3) is 11.3 Å². The molecule has 66 valence electrons. The summed E-state index contributed by atoms with van der Waals surface area (Å²) in [6.45, 7) is 0. The Bertz CT molecular complexity index is 400. The Balaban J connectivity index is 2.47. The molecule has 0 aliphatic carbocycles. The van der Waals surface area contributed by atoms with Gasteiger partial charge in [0, 0.05) is 24.0 Å². The van der Waals surface area contributed by atoms with Crippen molar-refractivity contribution in [3.05, 3.63) is 47.6 Å². The zero-order chi connectivity index (χ0) is 9.26. The number of hydrogen-bond acceptors (Lipinski definition) is 0. The van der Waals surface area contributed by atoms with Crippen LogP contribution in [0, 0.1) is 0 Å². The van der Waals surface area contributed by atoms with Gasteiger partial charge in [-0.15, -0.1) is 0 Å². The average Bonchev–Trinajstić information content (AvgIpc) is 2.53. The Hall–Kier alpha value is -1.21. The highest BCUT2D eigenvalue weighted by molar-refractivity contribution is 6.30. The number of nitrogens with zero attached hydrogens (tertiary/aromatic N) is 1. The van der Waals surface area contributed by atoms with Crippen molar-refractivity contribution in [2.24, 2.45) is 7.05 Å². The lowest BCUT2D eigenvalue weighted by atomic mass is 10.1. The predicted octanol–water partition coefficient (Wildman–Crippen LogP) is 3.35. The van der Waals surface area contributed by atoms with E-state index < -0.39 is 0 Å². The molecule has 0 unspecified atom stereocenters. The first-order valence-corrected chi connectivity index (χ1v) is 4.52. The second kappa shape index (κ2) is 3.27. The molecule has 0 fully saturated rings. The van der Waals surface area contributed by atoms with Gasteiger partial charge in [-0.05, 0) is 29.8 Å². The normalized spacial score (nSPS) is 10.3. The van der Waals surface area contributed by atoms with Gasteiger partial charge in [0.1, 0.15) is 0 Å². The van der Waals surface area contributed by atoms with Crippen molar-refractivity contribution in [3.63, 3.8) is 0 Å². The highest BCUT2D eigenvalue weighted by Crippen LogP contribution is 2.20. The van der Waals surface area contributed by atoms with Gasteiger partial charge in [-0.25, -0.2) is 0 Å². The summed E-state index contributed by atoms with van der Waals surface area (Å²) < 4.78 is 2.09. The van der Waals surface area contributed by atoms with Crippen LogP contribution in [-0.2, 0) is 7.05 Å². The highest BCUT2D eigenvalue weighted by atomic mass is 35.5. The molecule has 2 aromatic rings. The fourth-order valence-electron chi connectivity index (χ4n) is 1.38. The zero-order valence-corrected chi connectivity index (χ0v) is 8.12. The standard InChI is InChI=1S/C11H10ClN/c1-13-8-2-3-11(13)9-4-6-10(12)7-5-9/h2-8H,1H3. The Labute approximate surface area is 82.6 Å². The van der Waals surface area contributed by atoms with Crippen LogP contribution < -0.4 is 0 Å². The summed E-state index contributed by atoms with van der Waals surface area (Å²) in [6.07, 6.45) is 2.03. The van der Waals surface area contributed by atoms with Crippen LogP contribution in [0.5, 0.6) is 0 Å². The van der Waals surface area contributed by atoms with Crippen LogP contribution in [0.2, 0.25) is 5.02 Å². The molecule has 0 N–H and O–H groups in total. The molecular formula is C11H10ClN. The van der Waals surface area contributed by atoms with Crippen LogP contribution in [-0.4, -0.2) is 4.57 Å². The second-order valence-electron chi connectivity index (χ2n) is 3.01. The van der Waals surface area contributed by atoms with Crippen molar-refractivity contribution in [3.8, 4) is 11.3 Å². The van der Waals surface area contributed by atoms with E-state index >= 15 is 0 Å². The summed E-state index contributed by atoms with van der Waals surface area (Å²) in [6, 6.07) is 12.0. The summed E-state index contributed by atoms with van der Waals surface area (Å²) in [5, 5.41) is 0.776. The fourth-order valence-corrected chi connectivity index (χ4v) is 1.51. The van der Waals surface area contributed by atoms with E-state index in [2.05, 4.69) is 10.6 Å². The fraction of sp³-hybridized carbons (Fsp3) is 0.0909. The largest absolute Gasteiger partial charge is 0.351 e. The smallest absolute Gasteiger partial charge is 0.0477 e. The molecule has 0 saturated carbocycles. The molecule has 2 rings (SSSR count). The third-order valence-corrected chi connectivity index (χ3v) is 2.34. The number of rotatable bonds is 1. The van der Waals surface area contributed by atoms with E-state index in [9.17, 15) is 0 Å². The highest BCUT2D eigenvalue weighted by Gasteiger charge is 1.99. The summed E-state index contributed by atoms with van der Waals surface area (Å²) in [5.74, 6) is 0. The minimum absolute atomic E-state index is 0.776. The van der Waals surface area contributed by atoms with Gasteiger partial charge in [0.25, 0.3) is 0 Å². The van der Waals surface area contributed by atoms with Crippen molar-refractivity contribution >= 4 is 11.6 Å². The number of halogens is 1. The molecule has 0 spiro atoms. The topological polar surface area (TPSA) is 4.93 Å². The minimum Gasteiger partial charge on any atom is -0.351 e. The number of aromatic nitrogens is 1. The van der Waals surface area contributed by atoms with Crippen molar-refractivity contribution in [2.75, 3.05) is 0 Å². The Morgan fingerprint density at radius 1 is 1.08 bits per heavy atom. The monoisotopic (exact) mass is 191 g/mol. The summed E-state index contributed by atoms with van der Waals surface area (Å²) in [5.41, 5.74) is 2.40. The summed E-state index contributed by atoms with van der Waals surface area (Å²) in [4.78, 5) is 0. The van der Waals surface area contributed by atoms with Gasteiger partial charge < -0.3 is 4.57 Å². The van der Waals surface area contributed by atoms with Gasteiger partial charge in [-0.1, -0.05) is 23.7 Å². The number of hydrogen-bond donors (Lipinski definition) is 0. The Morgan fingerprint density at radius 3 is 2.31 bits per heavy atom. The van der Waals surface area contributed by atoms with Gasteiger partial charge in [-0.3, -0.25) is 0 Å². The van der Waals surface area contributed by atoms with Crippen LogP contribution in [0.1, 0.15) is 0 Å². The van der Waals surface area contributed by atoms with E-state index in [0.717, 1.165) is 5.02 Å². The zero-order valence-electron chi connectivity index (χ0n) is 7.37. The third kappa shape index (κ3) is 1.61. The van der Waals surface area contributed by atoms with Crippen LogP contribution in [0.4, 0.5) is 0 Å². The van der Waals surface area contributed by atoms with Crippen molar-refractivity contribution < 1.29 is 0 Å². The Morgan fingerprint density at radius 2 is 1.77 bits per heavy atom. The maximum Gasteiger partial charge on any atom is 0.0477 e. The molecular weight excluding hydrogens is 182 g/mol. The molecule has 0 radical (unpaired) electrons. The maximum absolute atomic E-state index is 5.81. The minimum atomic E-state index is 0.776. The second-order valence-corrected chi connectivity index (χ2v) is 3.45. The molecule has 0 amide bonds. The molecule has 13 heavy (non-hydrogen) atoms. The molecule has 0 saturated heterocycles. The van der Waals surface area contributed by atoms with E-state index in [1.165, 1.54) is 11.3 Å². The average molecular weight is 192 g/mol. The van der Waals surface area contributed by atoms with Gasteiger partial charge in [0.2, 0.25) is 0 Å². The van der Waals surface area contributed by atoms with Crippen molar-refractivity contribution in [1.29, 1.82) is 0 Å². The lowest BCUT2D eigenvalue weighted by Gasteiger charge is -2.02. The molecule has 0 atom stereocenters. The van der Waals surface area contributed by atoms with Crippen LogP contribution in [0.15, 0.2) is 42.6 Å².